The summed E-state index contributed by atoms with van der Waals surface area (Å²) in [6, 6.07) is 17.5. The van der Waals surface area contributed by atoms with Crippen molar-refractivity contribution in [3.8, 4) is 0 Å². The third-order valence-corrected chi connectivity index (χ3v) is 6.59. The van der Waals surface area contributed by atoms with Crippen LogP contribution in [0.4, 0.5) is 11.6 Å². The van der Waals surface area contributed by atoms with Crippen molar-refractivity contribution in [3.05, 3.63) is 66.2 Å². The molecule has 3 heterocycles. The van der Waals surface area contributed by atoms with E-state index >= 15 is 0 Å². The molecule has 0 unspecified atom stereocenters. The third-order valence-electron chi connectivity index (χ3n) is 6.59. The van der Waals surface area contributed by atoms with Crippen molar-refractivity contribution >= 4 is 40.6 Å². The number of rotatable bonds is 5. The second-order valence-corrected chi connectivity index (χ2v) is 8.91. The topological polar surface area (TPSA) is 78.4 Å². The molecule has 0 aliphatic carbocycles. The van der Waals surface area contributed by atoms with Gasteiger partial charge in [0.15, 0.2) is 11.6 Å². The molecule has 0 radical (unpaired) electrons. The first kappa shape index (κ1) is 22.1. The second kappa shape index (κ2) is 10.0. The van der Waals surface area contributed by atoms with Crippen LogP contribution in [-0.4, -0.2) is 52.9 Å². The molecule has 2 aliphatic heterocycles. The van der Waals surface area contributed by atoms with Gasteiger partial charge in [-0.3, -0.25) is 9.59 Å². The number of benzene rings is 2. The van der Waals surface area contributed by atoms with Gasteiger partial charge in [0.05, 0.1) is 11.0 Å². The lowest BCUT2D eigenvalue weighted by atomic mass is 9.96. The molecular weight excluding hydrogens is 426 g/mol. The van der Waals surface area contributed by atoms with Gasteiger partial charge < -0.3 is 15.1 Å². The predicted molar refractivity (Wildman–Crippen MR) is 134 cm³/mol. The van der Waals surface area contributed by atoms with Crippen LogP contribution in [0.1, 0.15) is 31.2 Å². The van der Waals surface area contributed by atoms with Crippen LogP contribution in [0.3, 0.4) is 0 Å². The Kier molecular flexibility index (Phi) is 6.51. The molecular formula is C27H29N5O2. The van der Waals surface area contributed by atoms with Crippen molar-refractivity contribution in [2.24, 2.45) is 5.92 Å². The summed E-state index contributed by atoms with van der Waals surface area (Å²) in [7, 11) is 0. The molecule has 34 heavy (non-hydrogen) atoms. The molecule has 1 aromatic heterocycles. The summed E-state index contributed by atoms with van der Waals surface area (Å²) in [5.74, 6) is 1.08. The Hall–Kier alpha value is -3.74. The summed E-state index contributed by atoms with van der Waals surface area (Å²) in [5, 5.41) is 3.07. The standard InChI is InChI=1S/C27H29N5O2/c33-24(13-12-20-8-2-1-3-9-20)31-18-14-21(15-19-31)27(34)30-25-26(32-16-6-7-17-32)29-23-11-5-4-10-22(23)28-25/h1-5,8-13,21H,6-7,14-19H2,(H,28,30,34)/b13-12+. The normalized spacial score (nSPS) is 16.9. The van der Waals surface area contributed by atoms with E-state index in [1.165, 1.54) is 0 Å². The molecule has 2 fully saturated rings. The fourth-order valence-electron chi connectivity index (χ4n) is 4.64. The van der Waals surface area contributed by atoms with E-state index in [1.807, 2.05) is 65.6 Å². The van der Waals surface area contributed by atoms with E-state index in [0.29, 0.717) is 31.7 Å². The second-order valence-electron chi connectivity index (χ2n) is 8.91. The van der Waals surface area contributed by atoms with Gasteiger partial charge in [0.2, 0.25) is 11.8 Å². The highest BCUT2D eigenvalue weighted by atomic mass is 16.2. The molecule has 0 spiro atoms. The van der Waals surface area contributed by atoms with E-state index in [4.69, 9.17) is 9.97 Å². The fraction of sp³-hybridized carbons (Fsp3) is 0.333. The zero-order chi connectivity index (χ0) is 23.3. The number of piperidine rings is 1. The number of nitrogens with one attached hydrogen (secondary N) is 1. The van der Waals surface area contributed by atoms with Gasteiger partial charge in [0, 0.05) is 38.2 Å². The first-order valence-corrected chi connectivity index (χ1v) is 12.0. The van der Waals surface area contributed by atoms with Gasteiger partial charge in [0.1, 0.15) is 0 Å². The monoisotopic (exact) mass is 455 g/mol. The number of para-hydroxylation sites is 2. The van der Waals surface area contributed by atoms with E-state index in [2.05, 4.69) is 10.2 Å². The minimum atomic E-state index is -0.151. The Morgan fingerprint density at radius 3 is 2.21 bits per heavy atom. The largest absolute Gasteiger partial charge is 0.354 e. The number of carbonyl (C=O) groups excluding carboxylic acids is 2. The van der Waals surface area contributed by atoms with Crippen LogP contribution in [0.5, 0.6) is 0 Å². The molecule has 2 aliphatic rings. The van der Waals surface area contributed by atoms with E-state index < -0.39 is 0 Å². The van der Waals surface area contributed by atoms with Gasteiger partial charge in [0.25, 0.3) is 0 Å². The molecule has 3 aromatic rings. The van der Waals surface area contributed by atoms with Gasteiger partial charge in [-0.05, 0) is 49.5 Å². The Morgan fingerprint density at radius 2 is 1.50 bits per heavy atom. The number of fused-ring (bicyclic) bond motifs is 1. The van der Waals surface area contributed by atoms with Crippen molar-refractivity contribution in [1.29, 1.82) is 0 Å². The third kappa shape index (κ3) is 4.93. The number of anilines is 2. The molecule has 0 saturated carbocycles. The zero-order valence-corrected chi connectivity index (χ0v) is 19.2. The SMILES string of the molecule is O=C(Nc1nc2ccccc2nc1N1CCCC1)C1CCN(C(=O)/C=C/c2ccccc2)CC1. The predicted octanol–water partition coefficient (Wildman–Crippen LogP) is 4.12. The van der Waals surface area contributed by atoms with Crippen molar-refractivity contribution in [1.82, 2.24) is 14.9 Å². The molecule has 7 nitrogen and oxygen atoms in total. The van der Waals surface area contributed by atoms with Crippen molar-refractivity contribution in [3.63, 3.8) is 0 Å². The minimum absolute atomic E-state index is 0.0144. The average molecular weight is 456 g/mol. The number of aromatic nitrogens is 2. The number of nitrogens with zero attached hydrogens (tertiary/aromatic N) is 4. The molecule has 2 saturated heterocycles. The maximum absolute atomic E-state index is 13.1. The van der Waals surface area contributed by atoms with Gasteiger partial charge in [-0.2, -0.15) is 0 Å². The Morgan fingerprint density at radius 1 is 0.853 bits per heavy atom. The molecule has 0 atom stereocenters. The van der Waals surface area contributed by atoms with Crippen molar-refractivity contribution in [2.45, 2.75) is 25.7 Å². The average Bonchev–Trinajstić information content (AvgIpc) is 3.42. The number of hydrogen-bond acceptors (Lipinski definition) is 5. The molecule has 0 bridgehead atoms. The van der Waals surface area contributed by atoms with Crippen LogP contribution in [-0.2, 0) is 9.59 Å². The van der Waals surface area contributed by atoms with E-state index in [0.717, 1.165) is 48.3 Å². The van der Waals surface area contributed by atoms with Crippen molar-refractivity contribution in [2.75, 3.05) is 36.4 Å². The maximum Gasteiger partial charge on any atom is 0.246 e. The van der Waals surface area contributed by atoms with Crippen LogP contribution in [0.2, 0.25) is 0 Å². The summed E-state index contributed by atoms with van der Waals surface area (Å²) in [4.78, 5) is 39.3. The molecule has 5 rings (SSSR count). The fourth-order valence-corrected chi connectivity index (χ4v) is 4.64. The quantitative estimate of drug-likeness (QED) is 0.586. The van der Waals surface area contributed by atoms with Crippen LogP contribution >= 0.6 is 0 Å². The highest BCUT2D eigenvalue weighted by Gasteiger charge is 2.28. The van der Waals surface area contributed by atoms with Gasteiger partial charge in [-0.25, -0.2) is 9.97 Å². The molecule has 2 aromatic carbocycles. The number of amides is 2. The van der Waals surface area contributed by atoms with Crippen LogP contribution in [0, 0.1) is 5.92 Å². The molecule has 1 N–H and O–H groups in total. The van der Waals surface area contributed by atoms with E-state index in [1.54, 1.807) is 6.08 Å². The maximum atomic E-state index is 13.1. The summed E-state index contributed by atoms with van der Waals surface area (Å²) in [6.07, 6.45) is 6.95. The van der Waals surface area contributed by atoms with Crippen molar-refractivity contribution < 1.29 is 9.59 Å². The first-order chi connectivity index (χ1) is 16.7. The minimum Gasteiger partial charge on any atom is -0.354 e. The lowest BCUT2D eigenvalue weighted by Gasteiger charge is -2.31. The summed E-state index contributed by atoms with van der Waals surface area (Å²) >= 11 is 0. The van der Waals surface area contributed by atoms with Gasteiger partial charge in [-0.15, -0.1) is 0 Å². The lowest BCUT2D eigenvalue weighted by Crippen LogP contribution is -2.41. The Balaban J connectivity index is 1.23. The molecule has 7 heteroatoms. The van der Waals surface area contributed by atoms with Crippen LogP contribution < -0.4 is 10.2 Å². The summed E-state index contributed by atoms with van der Waals surface area (Å²) in [5.41, 5.74) is 2.60. The number of carbonyl (C=O) groups is 2. The lowest BCUT2D eigenvalue weighted by molar-refractivity contribution is -0.130. The number of hydrogen-bond donors (Lipinski definition) is 1. The van der Waals surface area contributed by atoms with Crippen LogP contribution in [0.15, 0.2) is 60.7 Å². The van der Waals surface area contributed by atoms with Gasteiger partial charge in [-0.1, -0.05) is 42.5 Å². The summed E-state index contributed by atoms with van der Waals surface area (Å²) < 4.78 is 0. The summed E-state index contributed by atoms with van der Waals surface area (Å²) in [6.45, 7) is 2.98. The smallest absolute Gasteiger partial charge is 0.246 e. The Labute approximate surface area is 199 Å². The zero-order valence-electron chi connectivity index (χ0n) is 19.2. The number of likely N-dealkylation sites (tertiary alicyclic amines) is 1. The van der Waals surface area contributed by atoms with Crippen LogP contribution in [0.25, 0.3) is 17.1 Å². The highest BCUT2D eigenvalue weighted by molar-refractivity contribution is 5.96. The molecule has 174 valence electrons. The van der Waals surface area contributed by atoms with Gasteiger partial charge >= 0.3 is 0 Å². The highest BCUT2D eigenvalue weighted by Crippen LogP contribution is 2.29. The van der Waals surface area contributed by atoms with E-state index in [9.17, 15) is 9.59 Å². The first-order valence-electron chi connectivity index (χ1n) is 12.0. The Bertz CT molecular complexity index is 1200. The van der Waals surface area contributed by atoms with E-state index in [-0.39, 0.29) is 17.7 Å². The molecule has 2 amide bonds.